The number of nitrogens with one attached hydrogen (secondary N) is 3. The molecular weight excluding hydrogens is 369 g/mol. The fourth-order valence-corrected chi connectivity index (χ4v) is 2.18. The van der Waals surface area contributed by atoms with Crippen molar-refractivity contribution in [3.63, 3.8) is 0 Å². The van der Waals surface area contributed by atoms with Crippen molar-refractivity contribution in [2.45, 2.75) is 12.7 Å². The summed E-state index contributed by atoms with van der Waals surface area (Å²) >= 11 is 0. The van der Waals surface area contributed by atoms with Gasteiger partial charge >= 0.3 is 6.18 Å². The van der Waals surface area contributed by atoms with Gasteiger partial charge in [-0.15, -0.1) is 0 Å². The smallest absolute Gasteiger partial charge is 0.432 e. The van der Waals surface area contributed by atoms with Crippen LogP contribution in [0.4, 0.5) is 18.9 Å². The molecule has 0 aromatic carbocycles. The average molecular weight is 382 g/mol. The van der Waals surface area contributed by atoms with E-state index in [9.17, 15) is 22.8 Å². The van der Waals surface area contributed by atoms with Gasteiger partial charge in [-0.2, -0.15) is 23.4 Å². The molecular formula is C15H13F3N6O3. The van der Waals surface area contributed by atoms with Crippen molar-refractivity contribution in [1.29, 1.82) is 0 Å². The SMILES string of the molecule is Cn1cc(NC(=O)c2cc(C(F)(F)F)[nH]n2)c(C(=O)NCc2ccco2)n1. The molecule has 3 rings (SSSR count). The van der Waals surface area contributed by atoms with Gasteiger partial charge < -0.3 is 15.1 Å². The molecule has 0 unspecified atom stereocenters. The first-order valence-corrected chi connectivity index (χ1v) is 7.52. The quantitative estimate of drug-likeness (QED) is 0.623. The molecule has 0 fully saturated rings. The molecule has 142 valence electrons. The highest BCUT2D eigenvalue weighted by atomic mass is 19.4. The summed E-state index contributed by atoms with van der Waals surface area (Å²) in [6, 6.07) is 3.90. The third-order valence-electron chi connectivity index (χ3n) is 3.41. The van der Waals surface area contributed by atoms with Crippen LogP contribution in [0.5, 0.6) is 0 Å². The standard InChI is InChI=1S/C15H13F3N6O3/c1-24-7-10(12(23-24)14(26)19-6-8-3-2-4-27-8)20-13(25)9-5-11(22-21-9)15(16,17)18/h2-5,7H,6H2,1H3,(H,19,26)(H,20,25)(H,21,22). The molecule has 0 saturated heterocycles. The molecule has 12 heteroatoms. The number of aryl methyl sites for hydroxylation is 1. The van der Waals surface area contributed by atoms with Crippen LogP contribution >= 0.6 is 0 Å². The zero-order valence-electron chi connectivity index (χ0n) is 13.8. The largest absolute Gasteiger partial charge is 0.467 e. The number of carbonyl (C=O) groups excluding carboxylic acids is 2. The molecule has 9 nitrogen and oxygen atoms in total. The molecule has 3 aromatic rings. The number of rotatable bonds is 5. The number of H-pyrrole nitrogens is 1. The summed E-state index contributed by atoms with van der Waals surface area (Å²) < 4.78 is 44.1. The van der Waals surface area contributed by atoms with Gasteiger partial charge in [0.15, 0.2) is 11.4 Å². The number of aromatic amines is 1. The van der Waals surface area contributed by atoms with Gasteiger partial charge in [0, 0.05) is 19.3 Å². The number of nitrogens with zero attached hydrogens (tertiary/aromatic N) is 3. The summed E-state index contributed by atoms with van der Waals surface area (Å²) in [4.78, 5) is 24.4. The highest BCUT2D eigenvalue weighted by molar-refractivity contribution is 6.07. The van der Waals surface area contributed by atoms with E-state index in [2.05, 4.69) is 20.8 Å². The maximum Gasteiger partial charge on any atom is 0.432 e. The Morgan fingerprint density at radius 2 is 2.11 bits per heavy atom. The maximum atomic E-state index is 12.6. The van der Waals surface area contributed by atoms with Gasteiger partial charge in [-0.05, 0) is 12.1 Å². The Bertz CT molecular complexity index is 958. The Morgan fingerprint density at radius 3 is 2.74 bits per heavy atom. The second-order valence-corrected chi connectivity index (χ2v) is 5.45. The third-order valence-corrected chi connectivity index (χ3v) is 3.41. The molecule has 0 aliphatic rings. The van der Waals surface area contributed by atoms with Crippen LogP contribution in [0.2, 0.25) is 0 Å². The van der Waals surface area contributed by atoms with E-state index in [1.165, 1.54) is 24.2 Å². The van der Waals surface area contributed by atoms with Gasteiger partial charge in [-0.25, -0.2) is 0 Å². The van der Waals surface area contributed by atoms with Crippen molar-refractivity contribution in [3.8, 4) is 0 Å². The fourth-order valence-electron chi connectivity index (χ4n) is 2.18. The van der Waals surface area contributed by atoms with Crippen LogP contribution in [0.1, 0.15) is 32.4 Å². The van der Waals surface area contributed by atoms with Crippen molar-refractivity contribution < 1.29 is 27.2 Å². The van der Waals surface area contributed by atoms with Gasteiger partial charge in [0.1, 0.15) is 11.5 Å². The number of hydrogen-bond donors (Lipinski definition) is 3. The summed E-state index contributed by atoms with van der Waals surface area (Å²) in [5, 5.41) is 13.9. The number of anilines is 1. The summed E-state index contributed by atoms with van der Waals surface area (Å²) in [5.74, 6) is -1.00. The molecule has 0 aliphatic heterocycles. The summed E-state index contributed by atoms with van der Waals surface area (Å²) in [6.45, 7) is 0.101. The van der Waals surface area contributed by atoms with Gasteiger partial charge in [0.2, 0.25) is 0 Å². The molecule has 0 atom stereocenters. The molecule has 0 bridgehead atoms. The summed E-state index contributed by atoms with van der Waals surface area (Å²) in [7, 11) is 1.52. The van der Waals surface area contributed by atoms with Gasteiger partial charge in [-0.1, -0.05) is 0 Å². The molecule has 0 saturated carbocycles. The van der Waals surface area contributed by atoms with E-state index in [4.69, 9.17) is 4.42 Å². The monoisotopic (exact) mass is 382 g/mol. The lowest BCUT2D eigenvalue weighted by Crippen LogP contribution is -2.25. The number of alkyl halides is 3. The minimum atomic E-state index is -4.66. The average Bonchev–Trinajstić information content (AvgIpc) is 3.32. The topological polar surface area (TPSA) is 118 Å². The van der Waals surface area contributed by atoms with Gasteiger partial charge in [-0.3, -0.25) is 19.4 Å². The number of carbonyl (C=O) groups is 2. The van der Waals surface area contributed by atoms with Crippen LogP contribution in [0.3, 0.4) is 0 Å². The first kappa shape index (κ1) is 18.2. The minimum absolute atomic E-state index is 0.0241. The Balaban J connectivity index is 1.72. The van der Waals surface area contributed by atoms with E-state index in [-0.39, 0.29) is 17.9 Å². The molecule has 3 N–H and O–H groups in total. The first-order chi connectivity index (χ1) is 12.7. The Kier molecular flexibility index (Phi) is 4.71. The normalized spacial score (nSPS) is 11.4. The predicted molar refractivity (Wildman–Crippen MR) is 84.6 cm³/mol. The van der Waals surface area contributed by atoms with Crippen molar-refractivity contribution in [2.75, 3.05) is 5.32 Å². The lowest BCUT2D eigenvalue weighted by Gasteiger charge is -2.04. The number of aromatic nitrogens is 4. The van der Waals surface area contributed by atoms with Crippen LogP contribution in [0.15, 0.2) is 35.1 Å². The first-order valence-electron chi connectivity index (χ1n) is 7.52. The van der Waals surface area contributed by atoms with Crippen LogP contribution in [0, 0.1) is 0 Å². The molecule has 0 radical (unpaired) electrons. The number of furan rings is 1. The number of halogens is 3. The third kappa shape index (κ3) is 4.16. The van der Waals surface area contributed by atoms with Crippen LogP contribution in [-0.4, -0.2) is 31.8 Å². The van der Waals surface area contributed by atoms with Crippen LogP contribution in [-0.2, 0) is 19.8 Å². The molecule has 0 aliphatic carbocycles. The zero-order chi connectivity index (χ0) is 19.6. The lowest BCUT2D eigenvalue weighted by molar-refractivity contribution is -0.141. The Labute approximate surface area is 149 Å². The van der Waals surface area contributed by atoms with E-state index in [1.807, 2.05) is 0 Å². The van der Waals surface area contributed by atoms with Gasteiger partial charge in [0.25, 0.3) is 11.8 Å². The van der Waals surface area contributed by atoms with Crippen molar-refractivity contribution in [3.05, 3.63) is 53.5 Å². The molecule has 2 amide bonds. The van der Waals surface area contributed by atoms with Crippen LogP contribution in [0.25, 0.3) is 0 Å². The molecule has 0 spiro atoms. The van der Waals surface area contributed by atoms with E-state index in [0.717, 1.165) is 0 Å². The number of amides is 2. The van der Waals surface area contributed by atoms with Gasteiger partial charge in [0.05, 0.1) is 18.5 Å². The Hall–Kier alpha value is -3.57. The van der Waals surface area contributed by atoms with E-state index >= 15 is 0 Å². The van der Waals surface area contributed by atoms with Crippen molar-refractivity contribution in [1.82, 2.24) is 25.3 Å². The summed E-state index contributed by atoms with van der Waals surface area (Å²) in [6.07, 6.45) is -1.86. The molecule has 27 heavy (non-hydrogen) atoms. The number of hydrogen-bond acceptors (Lipinski definition) is 5. The van der Waals surface area contributed by atoms with Crippen LogP contribution < -0.4 is 10.6 Å². The van der Waals surface area contributed by atoms with E-state index < -0.39 is 29.4 Å². The second-order valence-electron chi connectivity index (χ2n) is 5.45. The lowest BCUT2D eigenvalue weighted by atomic mass is 10.3. The van der Waals surface area contributed by atoms with Crippen molar-refractivity contribution in [2.24, 2.45) is 7.05 Å². The highest BCUT2D eigenvalue weighted by Gasteiger charge is 2.34. The minimum Gasteiger partial charge on any atom is -0.467 e. The molecule has 3 aromatic heterocycles. The van der Waals surface area contributed by atoms with Crippen molar-refractivity contribution >= 4 is 17.5 Å². The zero-order valence-corrected chi connectivity index (χ0v) is 13.8. The highest BCUT2D eigenvalue weighted by Crippen LogP contribution is 2.27. The van der Waals surface area contributed by atoms with E-state index in [0.29, 0.717) is 11.8 Å². The fraction of sp³-hybridized carbons (Fsp3) is 0.200. The summed E-state index contributed by atoms with van der Waals surface area (Å²) in [5.41, 5.74) is -1.72. The molecule has 3 heterocycles. The predicted octanol–water partition coefficient (Wildman–Crippen LogP) is 1.94. The Morgan fingerprint density at radius 1 is 1.33 bits per heavy atom. The second kappa shape index (κ2) is 6.97. The maximum absolute atomic E-state index is 12.6. The van der Waals surface area contributed by atoms with E-state index in [1.54, 1.807) is 17.2 Å².